The van der Waals surface area contributed by atoms with E-state index in [0.717, 1.165) is 17.0 Å². The monoisotopic (exact) mass is 272 g/mol. The Morgan fingerprint density at radius 1 is 1.05 bits per heavy atom. The molecule has 3 rings (SSSR count). The Morgan fingerprint density at radius 2 is 1.80 bits per heavy atom. The number of carbonyl (C=O) groups is 1. The summed E-state index contributed by atoms with van der Waals surface area (Å²) >= 11 is 0. The van der Waals surface area contributed by atoms with Crippen LogP contribution in [-0.4, -0.2) is 5.91 Å². The summed E-state index contributed by atoms with van der Waals surface area (Å²) in [6.45, 7) is 0.290. The van der Waals surface area contributed by atoms with Crippen molar-refractivity contribution in [1.29, 1.82) is 0 Å². The SMILES string of the molecule is O=C1C=c2cc(NCc3cc(F)cc(F)c3)ccc2=N1. The number of rotatable bonds is 3. The molecule has 0 saturated carbocycles. The minimum atomic E-state index is -0.603. The van der Waals surface area contributed by atoms with Crippen LogP contribution in [0.15, 0.2) is 41.4 Å². The maximum Gasteiger partial charge on any atom is 0.270 e. The molecule has 0 unspecified atom stereocenters. The Kier molecular flexibility index (Phi) is 3.02. The molecule has 20 heavy (non-hydrogen) atoms. The highest BCUT2D eigenvalue weighted by molar-refractivity contribution is 6.06. The van der Waals surface area contributed by atoms with Gasteiger partial charge < -0.3 is 5.32 Å². The van der Waals surface area contributed by atoms with Gasteiger partial charge in [-0.1, -0.05) is 0 Å². The molecule has 3 nitrogen and oxygen atoms in total. The van der Waals surface area contributed by atoms with Gasteiger partial charge in [-0.15, -0.1) is 0 Å². The van der Waals surface area contributed by atoms with Crippen molar-refractivity contribution >= 4 is 17.7 Å². The molecule has 0 spiro atoms. The molecule has 1 amide bonds. The van der Waals surface area contributed by atoms with Crippen molar-refractivity contribution in [2.24, 2.45) is 4.99 Å². The number of amides is 1. The van der Waals surface area contributed by atoms with Crippen LogP contribution in [0.25, 0.3) is 6.08 Å². The van der Waals surface area contributed by atoms with Gasteiger partial charge in [-0.05, 0) is 35.9 Å². The van der Waals surface area contributed by atoms with Crippen LogP contribution in [0.5, 0.6) is 0 Å². The van der Waals surface area contributed by atoms with Crippen LogP contribution >= 0.6 is 0 Å². The number of benzene rings is 2. The molecule has 2 aromatic rings. The van der Waals surface area contributed by atoms with Crippen molar-refractivity contribution in [3.63, 3.8) is 0 Å². The van der Waals surface area contributed by atoms with Gasteiger partial charge >= 0.3 is 0 Å². The van der Waals surface area contributed by atoms with E-state index >= 15 is 0 Å². The van der Waals surface area contributed by atoms with Crippen LogP contribution in [0.3, 0.4) is 0 Å². The van der Waals surface area contributed by atoms with Gasteiger partial charge in [0.1, 0.15) is 11.6 Å². The molecule has 1 N–H and O–H groups in total. The molecule has 0 atom stereocenters. The number of fused-ring (bicyclic) bond motifs is 1. The van der Waals surface area contributed by atoms with Gasteiger partial charge in [-0.25, -0.2) is 13.8 Å². The summed E-state index contributed by atoms with van der Waals surface area (Å²) in [5, 5.41) is 4.43. The predicted molar refractivity (Wildman–Crippen MR) is 70.4 cm³/mol. The quantitative estimate of drug-likeness (QED) is 0.920. The lowest BCUT2D eigenvalue weighted by Gasteiger charge is -2.06. The Hall–Kier alpha value is -2.56. The van der Waals surface area contributed by atoms with E-state index in [4.69, 9.17) is 0 Å². The maximum atomic E-state index is 13.1. The Morgan fingerprint density at radius 3 is 2.55 bits per heavy atom. The zero-order chi connectivity index (χ0) is 14.1. The second-order valence-electron chi connectivity index (χ2n) is 4.50. The third-order valence-corrected chi connectivity index (χ3v) is 2.96. The molecule has 0 bridgehead atoms. The number of hydrogen-bond donors (Lipinski definition) is 1. The average molecular weight is 272 g/mol. The van der Waals surface area contributed by atoms with Crippen LogP contribution in [0.4, 0.5) is 14.5 Å². The van der Waals surface area contributed by atoms with Gasteiger partial charge in [0, 0.05) is 29.6 Å². The first-order chi connectivity index (χ1) is 9.60. The van der Waals surface area contributed by atoms with E-state index in [1.807, 2.05) is 0 Å². The summed E-state index contributed by atoms with van der Waals surface area (Å²) in [5.74, 6) is -1.48. The second-order valence-corrected chi connectivity index (χ2v) is 4.50. The highest BCUT2D eigenvalue weighted by atomic mass is 19.1. The summed E-state index contributed by atoms with van der Waals surface area (Å²) in [4.78, 5) is 15.0. The first-order valence-electron chi connectivity index (χ1n) is 6.03. The highest BCUT2D eigenvalue weighted by Crippen LogP contribution is 2.10. The van der Waals surface area contributed by atoms with E-state index in [1.165, 1.54) is 18.2 Å². The number of nitrogens with zero attached hydrogens (tertiary/aromatic N) is 1. The Labute approximate surface area is 113 Å². The lowest BCUT2D eigenvalue weighted by molar-refractivity contribution is -0.112. The van der Waals surface area contributed by atoms with Gasteiger partial charge in [0.25, 0.3) is 5.91 Å². The van der Waals surface area contributed by atoms with Crippen molar-refractivity contribution in [3.05, 3.63) is 64.2 Å². The maximum absolute atomic E-state index is 13.1. The molecular formula is C15H10F2N2O. The third kappa shape index (κ3) is 2.56. The fourth-order valence-electron chi connectivity index (χ4n) is 2.08. The molecule has 5 heteroatoms. The molecule has 1 aliphatic heterocycles. The summed E-state index contributed by atoms with van der Waals surface area (Å²) in [6, 6.07) is 8.65. The summed E-state index contributed by atoms with van der Waals surface area (Å²) in [5.41, 5.74) is 1.27. The fourth-order valence-corrected chi connectivity index (χ4v) is 2.08. The minimum absolute atomic E-state index is 0.274. The standard InChI is InChI=1S/C15H10F2N2O/c16-11-3-9(4-12(17)7-11)8-18-13-1-2-14-10(5-13)6-15(20)19-14/h1-7,18H,8H2. The van der Waals surface area contributed by atoms with E-state index in [-0.39, 0.29) is 5.91 Å². The Balaban J connectivity index is 1.80. The second kappa shape index (κ2) is 4.85. The zero-order valence-electron chi connectivity index (χ0n) is 10.4. The first kappa shape index (κ1) is 12.5. The molecule has 0 fully saturated rings. The van der Waals surface area contributed by atoms with Crippen LogP contribution < -0.4 is 15.9 Å². The van der Waals surface area contributed by atoms with E-state index in [9.17, 15) is 13.6 Å². The molecular weight excluding hydrogens is 262 g/mol. The fraction of sp³-hybridized carbons (Fsp3) is 0.0667. The van der Waals surface area contributed by atoms with Gasteiger partial charge in [0.05, 0.1) is 5.36 Å². The number of carbonyl (C=O) groups excluding carboxylic acids is 1. The average Bonchev–Trinajstić information content (AvgIpc) is 2.74. The predicted octanol–water partition coefficient (Wildman–Crippen LogP) is 1.52. The molecule has 0 saturated heterocycles. The van der Waals surface area contributed by atoms with Crippen molar-refractivity contribution in [3.8, 4) is 0 Å². The van der Waals surface area contributed by atoms with E-state index < -0.39 is 11.6 Å². The summed E-state index contributed by atoms with van der Waals surface area (Å²) < 4.78 is 26.1. The number of anilines is 1. The summed E-state index contributed by atoms with van der Waals surface area (Å²) in [7, 11) is 0. The highest BCUT2D eigenvalue weighted by Gasteiger charge is 2.04. The molecule has 1 aliphatic rings. The van der Waals surface area contributed by atoms with Gasteiger partial charge in [-0.2, -0.15) is 0 Å². The first-order valence-corrected chi connectivity index (χ1v) is 6.03. The lowest BCUT2D eigenvalue weighted by Crippen LogP contribution is -2.21. The molecule has 1 heterocycles. The normalized spacial score (nSPS) is 12.6. The number of halogens is 2. The smallest absolute Gasteiger partial charge is 0.270 e. The van der Waals surface area contributed by atoms with Crippen molar-refractivity contribution in [2.75, 3.05) is 5.32 Å². The van der Waals surface area contributed by atoms with Crippen LogP contribution in [0.1, 0.15) is 5.56 Å². The van der Waals surface area contributed by atoms with Crippen LogP contribution in [-0.2, 0) is 11.3 Å². The van der Waals surface area contributed by atoms with Crippen molar-refractivity contribution < 1.29 is 13.6 Å². The van der Waals surface area contributed by atoms with E-state index in [2.05, 4.69) is 10.3 Å². The molecule has 100 valence electrons. The van der Waals surface area contributed by atoms with E-state index in [1.54, 1.807) is 18.2 Å². The van der Waals surface area contributed by atoms with Crippen LogP contribution in [0, 0.1) is 11.6 Å². The zero-order valence-corrected chi connectivity index (χ0v) is 10.4. The van der Waals surface area contributed by atoms with Crippen LogP contribution in [0.2, 0.25) is 0 Å². The van der Waals surface area contributed by atoms with Gasteiger partial charge in [0.15, 0.2) is 0 Å². The molecule has 0 aliphatic carbocycles. The van der Waals surface area contributed by atoms with Gasteiger partial charge in [-0.3, -0.25) is 4.79 Å². The Bertz CT molecular complexity index is 795. The van der Waals surface area contributed by atoms with Crippen molar-refractivity contribution in [2.45, 2.75) is 6.54 Å². The number of hydrogen-bond acceptors (Lipinski definition) is 2. The largest absolute Gasteiger partial charge is 0.381 e. The summed E-state index contributed by atoms with van der Waals surface area (Å²) in [6.07, 6.45) is 1.45. The molecule has 0 aromatic heterocycles. The third-order valence-electron chi connectivity index (χ3n) is 2.96. The van der Waals surface area contributed by atoms with Gasteiger partial charge in [0.2, 0.25) is 0 Å². The van der Waals surface area contributed by atoms with E-state index in [0.29, 0.717) is 17.5 Å². The van der Waals surface area contributed by atoms with Crippen molar-refractivity contribution in [1.82, 2.24) is 0 Å². The molecule has 0 radical (unpaired) electrons. The number of nitrogens with one attached hydrogen (secondary N) is 1. The molecule has 2 aromatic carbocycles. The minimum Gasteiger partial charge on any atom is -0.381 e. The lowest BCUT2D eigenvalue weighted by atomic mass is 10.2. The topological polar surface area (TPSA) is 41.5 Å².